The van der Waals surface area contributed by atoms with Crippen molar-refractivity contribution in [3.63, 3.8) is 0 Å². The molecule has 2 aromatic rings. The van der Waals surface area contributed by atoms with Crippen molar-refractivity contribution >= 4 is 82.4 Å². The molecule has 4 heterocycles. The number of nitrogens with zero attached hydrogens (tertiary/aromatic N) is 3. The van der Waals surface area contributed by atoms with E-state index >= 15 is 0 Å². The molecule has 0 aromatic heterocycles. The first-order valence-corrected chi connectivity index (χ1v) is 33.0. The van der Waals surface area contributed by atoms with Gasteiger partial charge < -0.3 is 70.3 Å². The number of piperidine rings is 1. The van der Waals surface area contributed by atoms with Gasteiger partial charge in [0.05, 0.1) is 38.1 Å². The summed E-state index contributed by atoms with van der Waals surface area (Å²) in [6.07, 6.45) is 4.65. The smallest absolute Gasteiger partial charge is 0.409 e. The van der Waals surface area contributed by atoms with Gasteiger partial charge in [-0.05, 0) is 125 Å². The lowest BCUT2D eigenvalue weighted by molar-refractivity contribution is -0.158. The van der Waals surface area contributed by atoms with E-state index in [2.05, 4.69) is 40.4 Å². The third-order valence-corrected chi connectivity index (χ3v) is 19.8. The maximum atomic E-state index is 14.6. The molecule has 4 fully saturated rings. The number of esters is 1. The van der Waals surface area contributed by atoms with E-state index in [9.17, 15) is 53.1 Å². The van der Waals surface area contributed by atoms with E-state index < -0.39 is 120 Å². The number of unbranched alkanes of at least 4 members (excludes halogenated alkanes) is 2. The first kappa shape index (κ1) is 74.6. The average Bonchev–Trinajstić information content (AvgIpc) is 1.58. The van der Waals surface area contributed by atoms with Crippen molar-refractivity contribution in [2.45, 2.75) is 193 Å². The molecule has 5 aliphatic rings. The molecule has 7 rings (SSSR count). The van der Waals surface area contributed by atoms with Crippen LogP contribution >= 0.6 is 11.6 Å². The number of hydrogen-bond donors (Lipinski definition) is 7. The number of methoxy groups -OCH3 is 3. The second-order valence-corrected chi connectivity index (χ2v) is 27.3. The number of likely N-dealkylation sites (tertiary alicyclic amines) is 1. The average molecular weight is 1350 g/mol. The Labute approximate surface area is 560 Å². The van der Waals surface area contributed by atoms with E-state index in [1.807, 2.05) is 13.0 Å². The number of imide groups is 1. The fourth-order valence-electron chi connectivity index (χ4n) is 12.9. The Kier molecular flexibility index (Phi) is 25.0. The SMILES string of the molecule is COc1cc(C(=O)N(C)[C@@H](C)C(=O)OC2CC(=O)N(C)c3cc(cc(OC)c3Cl)C/C(C)=C/C=C/[C@@H](OC)[C@@]3(O)C[C@H](OC(=O)N3)[C@@H](C)[C@@H]3O[C@@]23C)ccc1NC(=O)[C@H](CCCNC(N)=O)NC(=O)[C@@H](NC(=O)CCCCCN1C(=O)CC(C(C)(C)C2CC2)CC1=O)C(C)C. The van der Waals surface area contributed by atoms with Crippen LogP contribution in [0.3, 0.4) is 0 Å². The number of halogens is 1. The highest BCUT2D eigenvalue weighted by atomic mass is 35.5. The van der Waals surface area contributed by atoms with E-state index in [4.69, 9.17) is 45.8 Å². The number of primary amides is 1. The number of amides is 10. The molecule has 1 saturated carbocycles. The largest absolute Gasteiger partial charge is 0.495 e. The second kappa shape index (κ2) is 31.8. The lowest BCUT2D eigenvalue weighted by Gasteiger charge is -2.42. The Balaban J connectivity index is 1.02. The molecule has 2 aromatic carbocycles. The molecule has 3 saturated heterocycles. The zero-order chi connectivity index (χ0) is 70.0. The van der Waals surface area contributed by atoms with Crippen molar-refractivity contribution in [3.05, 3.63) is 70.3 Å². The number of carbonyl (C=O) groups excluding carboxylic acids is 10. The number of ether oxygens (including phenoxy) is 6. The number of nitrogens with two attached hydrogens (primary N) is 1. The Bertz CT molecular complexity index is 3260. The van der Waals surface area contributed by atoms with Crippen LogP contribution in [-0.4, -0.2) is 177 Å². The van der Waals surface area contributed by atoms with Crippen LogP contribution in [0.4, 0.5) is 21.0 Å². The monoisotopic (exact) mass is 1350 g/mol. The highest BCUT2D eigenvalue weighted by Crippen LogP contribution is 2.53. The number of epoxide rings is 1. The van der Waals surface area contributed by atoms with Crippen LogP contribution < -0.4 is 46.7 Å². The normalized spacial score (nSPS) is 25.3. The number of aliphatic hydroxyl groups is 1. The van der Waals surface area contributed by atoms with Gasteiger partial charge in [0.25, 0.3) is 5.91 Å². The maximum absolute atomic E-state index is 14.6. The third-order valence-electron chi connectivity index (χ3n) is 19.4. The van der Waals surface area contributed by atoms with Gasteiger partial charge in [-0.2, -0.15) is 0 Å². The summed E-state index contributed by atoms with van der Waals surface area (Å²) >= 11 is 6.87. The molecule has 0 radical (unpaired) electrons. The van der Waals surface area contributed by atoms with Crippen LogP contribution in [0.1, 0.15) is 148 Å². The number of likely N-dealkylation sites (N-methyl/N-ethyl adjacent to an activating group) is 1. The number of rotatable bonds is 25. The summed E-state index contributed by atoms with van der Waals surface area (Å²) in [6, 6.07) is 3.25. The second-order valence-electron chi connectivity index (χ2n) is 27.0. The first-order chi connectivity index (χ1) is 44.8. The van der Waals surface area contributed by atoms with E-state index in [-0.39, 0.29) is 83.9 Å². The van der Waals surface area contributed by atoms with Gasteiger partial charge in [-0.1, -0.05) is 76.4 Å². The van der Waals surface area contributed by atoms with Crippen molar-refractivity contribution in [2.75, 3.05) is 58.7 Å². The van der Waals surface area contributed by atoms with Gasteiger partial charge in [0.2, 0.25) is 35.4 Å². The van der Waals surface area contributed by atoms with Crippen molar-refractivity contribution in [2.24, 2.45) is 34.8 Å². The molecule has 10 atom stereocenters. The molecule has 4 bridgehead atoms. The van der Waals surface area contributed by atoms with Crippen molar-refractivity contribution in [1.82, 2.24) is 31.1 Å². The van der Waals surface area contributed by atoms with Crippen LogP contribution in [0.5, 0.6) is 11.5 Å². The predicted octanol–water partition coefficient (Wildman–Crippen LogP) is 6.61. The summed E-state index contributed by atoms with van der Waals surface area (Å²) in [6.45, 7) is 14.8. The number of carbonyl (C=O) groups is 10. The minimum atomic E-state index is -1.93. The van der Waals surface area contributed by atoms with Crippen molar-refractivity contribution in [1.29, 1.82) is 0 Å². The summed E-state index contributed by atoms with van der Waals surface area (Å²) in [4.78, 5) is 140. The van der Waals surface area contributed by atoms with Gasteiger partial charge in [-0.25, -0.2) is 14.4 Å². The van der Waals surface area contributed by atoms with Crippen LogP contribution in [0.25, 0.3) is 0 Å². The topological polar surface area (TPSA) is 345 Å². The number of urea groups is 1. The lowest BCUT2D eigenvalue weighted by Crippen LogP contribution is -2.63. The third kappa shape index (κ3) is 18.4. The number of anilines is 2. The number of benzene rings is 2. The van der Waals surface area contributed by atoms with Gasteiger partial charge >= 0.3 is 18.1 Å². The summed E-state index contributed by atoms with van der Waals surface area (Å²) in [7, 11) is 7.05. The van der Waals surface area contributed by atoms with Crippen LogP contribution in [0, 0.1) is 29.1 Å². The molecule has 10 amide bonds. The summed E-state index contributed by atoms with van der Waals surface area (Å²) in [5, 5.41) is 25.4. The lowest BCUT2D eigenvalue weighted by atomic mass is 9.70. The van der Waals surface area contributed by atoms with Crippen LogP contribution in [0.2, 0.25) is 5.02 Å². The van der Waals surface area contributed by atoms with E-state index in [0.29, 0.717) is 55.9 Å². The fourth-order valence-corrected chi connectivity index (χ4v) is 13.2. The maximum Gasteiger partial charge on any atom is 0.409 e. The molecule has 8 N–H and O–H groups in total. The molecular weight excluding hydrogens is 1250 g/mol. The van der Waals surface area contributed by atoms with Gasteiger partial charge in [-0.15, -0.1) is 0 Å². The highest BCUT2D eigenvalue weighted by molar-refractivity contribution is 6.35. The number of fused-ring (bicyclic) bond motifs is 5. The summed E-state index contributed by atoms with van der Waals surface area (Å²) in [5.74, 6) is -4.40. The Morgan fingerprint density at radius 3 is 2.22 bits per heavy atom. The van der Waals surface area contributed by atoms with Crippen LogP contribution in [-0.2, 0) is 58.9 Å². The van der Waals surface area contributed by atoms with E-state index in [1.54, 1.807) is 52.0 Å². The minimum Gasteiger partial charge on any atom is -0.495 e. The molecule has 0 spiro atoms. The molecule has 1 aliphatic carbocycles. The molecular formula is C68H96ClN9O17. The fraction of sp³-hybridized carbons (Fsp3) is 0.618. The first-order valence-electron chi connectivity index (χ1n) is 32.6. The van der Waals surface area contributed by atoms with Crippen LogP contribution in [0.15, 0.2) is 54.1 Å². The quantitative estimate of drug-likeness (QED) is 0.0238. The van der Waals surface area contributed by atoms with Crippen molar-refractivity contribution in [3.8, 4) is 11.5 Å². The summed E-state index contributed by atoms with van der Waals surface area (Å²) < 4.78 is 35.3. The number of alkyl carbamates (subject to hydrolysis) is 1. The zero-order valence-electron chi connectivity index (χ0n) is 56.9. The molecule has 4 aliphatic heterocycles. The Hall–Kier alpha value is -7.81. The van der Waals surface area contributed by atoms with Gasteiger partial charge in [0.1, 0.15) is 58.6 Å². The minimum absolute atomic E-state index is 0.00633. The molecule has 95 heavy (non-hydrogen) atoms. The Morgan fingerprint density at radius 2 is 1.59 bits per heavy atom. The molecule has 522 valence electrons. The molecule has 26 nitrogen and oxygen atoms in total. The highest BCUT2D eigenvalue weighted by Gasteiger charge is 2.65. The number of allylic oxidation sites excluding steroid dienone is 3. The zero-order valence-corrected chi connectivity index (χ0v) is 57.6. The standard InChI is InChI=1S/C68H96ClN9O17/c1-37(2)58(74-53(79)22-15-14-16-28-78-55(81)33-44(34-56(78)82)66(6,7)43-24-25-43)61(84)73-46(20-18-27-71-64(70)87)60(83)72-45-26-23-42(32-48(45)90-11)62(85)76(9)40(5)63(86)94-52-35-54(80)77(10)47-30-41(31-49(91-12)57(47)69)29-38(3)19-17-21-51(92-13)68(89)36-50(93-65(88)75-68)39(4)59-67(52,8)95-59/h17,19,21,23,26,30-32,37,39-40,43-44,46,50-52,58-59,89H,14-16,18,20,22,24-25,27-29,33-36H2,1-13H3,(H,72,83)(H,73,84)(H,74,79)(H,75,88)(H3,70,71,87)/b21-17+,38-19+/t39-,40+,46+,50+,51-,52?,58+,59+,67+,68+/m1/s1. The Morgan fingerprint density at radius 1 is 0.905 bits per heavy atom. The summed E-state index contributed by atoms with van der Waals surface area (Å²) in [5.41, 5.74) is 3.94. The molecule has 1 unspecified atom stereocenters. The van der Waals surface area contributed by atoms with Crippen molar-refractivity contribution < 1.29 is 81.5 Å². The van der Waals surface area contributed by atoms with Gasteiger partial charge in [0, 0.05) is 71.5 Å². The van der Waals surface area contributed by atoms with E-state index in [1.165, 1.54) is 70.3 Å². The number of nitrogens with one attached hydrogen (secondary N) is 5. The van der Waals surface area contributed by atoms with Gasteiger partial charge in [-0.3, -0.25) is 43.8 Å². The molecule has 27 heteroatoms. The predicted molar refractivity (Wildman–Crippen MR) is 352 cm³/mol. The number of hydrogen-bond acceptors (Lipinski definition) is 17. The van der Waals surface area contributed by atoms with Gasteiger partial charge in [0.15, 0.2) is 5.72 Å². The van der Waals surface area contributed by atoms with E-state index in [0.717, 1.165) is 28.9 Å².